The number of H-pyrrole nitrogens is 1. The fraction of sp³-hybridized carbons (Fsp3) is 0.286. The average Bonchev–Trinajstić information content (AvgIpc) is 2.44. The highest BCUT2D eigenvalue weighted by Gasteiger charge is 2.11. The van der Waals surface area contributed by atoms with Gasteiger partial charge in [-0.15, -0.1) is 0 Å². The maximum Gasteiger partial charge on any atom is 0.261 e. The summed E-state index contributed by atoms with van der Waals surface area (Å²) < 4.78 is 1.63. The van der Waals surface area contributed by atoms with Crippen molar-refractivity contribution in [2.75, 3.05) is 0 Å². The molecule has 1 aromatic carbocycles. The summed E-state index contributed by atoms with van der Waals surface area (Å²) in [6, 6.07) is 6.51. The van der Waals surface area contributed by atoms with Crippen LogP contribution in [0.2, 0.25) is 0 Å². The molecule has 0 saturated carbocycles. The number of nitrogens with zero attached hydrogens (tertiary/aromatic N) is 2. The van der Waals surface area contributed by atoms with Crippen LogP contribution in [-0.4, -0.2) is 21.5 Å². The van der Waals surface area contributed by atoms with E-state index in [0.29, 0.717) is 21.2 Å². The molecule has 0 unspecified atom stereocenters. The summed E-state index contributed by atoms with van der Waals surface area (Å²) in [4.78, 5) is 27.0. The molecule has 0 radical (unpaired) electrons. The molecule has 0 fully saturated rings. The van der Waals surface area contributed by atoms with Crippen molar-refractivity contribution in [2.24, 2.45) is 7.05 Å². The number of nitrogens with one attached hydrogen (secondary N) is 2. The number of fused-ring (bicyclic) bond motifs is 1. The van der Waals surface area contributed by atoms with E-state index in [2.05, 4.69) is 10.3 Å². The van der Waals surface area contributed by atoms with Gasteiger partial charge in [0, 0.05) is 18.7 Å². The lowest BCUT2D eigenvalue weighted by molar-refractivity contribution is 0.0941. The van der Waals surface area contributed by atoms with Gasteiger partial charge in [0.2, 0.25) is 0 Å². The van der Waals surface area contributed by atoms with Crippen molar-refractivity contribution >= 4 is 29.0 Å². The molecule has 1 aromatic heterocycles. The number of benzene rings is 1. The van der Waals surface area contributed by atoms with Crippen molar-refractivity contribution in [1.82, 2.24) is 14.9 Å². The normalized spacial score (nSPS) is 11.9. The van der Waals surface area contributed by atoms with Crippen LogP contribution in [0.25, 0.3) is 10.9 Å². The summed E-state index contributed by atoms with van der Waals surface area (Å²) in [5, 5.41) is 11.8. The molecule has 108 valence electrons. The highest BCUT2D eigenvalue weighted by atomic mass is 32.1. The Labute approximate surface area is 126 Å². The van der Waals surface area contributed by atoms with Crippen LogP contribution in [-0.2, 0) is 7.05 Å². The van der Waals surface area contributed by atoms with Gasteiger partial charge in [0.25, 0.3) is 11.5 Å². The predicted octanol–water partition coefficient (Wildman–Crippen LogP) is 1.63. The Morgan fingerprint density at radius 3 is 2.95 bits per heavy atom. The van der Waals surface area contributed by atoms with Crippen LogP contribution < -0.4 is 10.9 Å². The minimum absolute atomic E-state index is 0.210. The second kappa shape index (κ2) is 5.89. The molecule has 0 spiro atoms. The molecule has 0 aliphatic carbocycles. The van der Waals surface area contributed by atoms with E-state index in [0.717, 1.165) is 0 Å². The fourth-order valence-electron chi connectivity index (χ4n) is 1.94. The van der Waals surface area contributed by atoms with E-state index in [-0.39, 0.29) is 23.9 Å². The molecule has 0 aliphatic heterocycles. The maximum absolute atomic E-state index is 12.1. The zero-order valence-electron chi connectivity index (χ0n) is 11.6. The molecule has 2 aromatic rings. The first-order chi connectivity index (χ1) is 9.93. The van der Waals surface area contributed by atoms with Crippen molar-refractivity contribution in [1.29, 1.82) is 5.26 Å². The first-order valence-electron chi connectivity index (χ1n) is 6.35. The number of hydrogen-bond acceptors (Lipinski definition) is 4. The van der Waals surface area contributed by atoms with Crippen LogP contribution >= 0.6 is 12.2 Å². The van der Waals surface area contributed by atoms with Gasteiger partial charge in [0.15, 0.2) is 4.77 Å². The Bertz CT molecular complexity index is 860. The average molecular weight is 302 g/mol. The second-order valence-electron chi connectivity index (χ2n) is 4.79. The molecule has 0 bridgehead atoms. The summed E-state index contributed by atoms with van der Waals surface area (Å²) in [6.07, 6.45) is 0.238. The third-order valence-electron chi connectivity index (χ3n) is 3.14. The van der Waals surface area contributed by atoms with Crippen LogP contribution in [0.5, 0.6) is 0 Å². The summed E-state index contributed by atoms with van der Waals surface area (Å²) >= 11 is 5.05. The van der Waals surface area contributed by atoms with Gasteiger partial charge in [-0.2, -0.15) is 5.26 Å². The topological polar surface area (TPSA) is 90.7 Å². The Balaban J connectivity index is 2.42. The van der Waals surface area contributed by atoms with E-state index in [4.69, 9.17) is 17.5 Å². The molecular formula is C14H14N4O2S. The van der Waals surface area contributed by atoms with Crippen LogP contribution in [0.3, 0.4) is 0 Å². The van der Waals surface area contributed by atoms with Gasteiger partial charge in [-0.05, 0) is 37.3 Å². The van der Waals surface area contributed by atoms with Crippen LogP contribution in [0, 0.1) is 16.1 Å². The zero-order chi connectivity index (χ0) is 15.6. The van der Waals surface area contributed by atoms with Gasteiger partial charge in [0.1, 0.15) is 0 Å². The minimum Gasteiger partial charge on any atom is -0.349 e. The first-order valence-corrected chi connectivity index (χ1v) is 6.75. The number of carbonyl (C=O) groups excluding carboxylic acids is 1. The molecular weight excluding hydrogens is 288 g/mol. The molecule has 1 atom stereocenters. The monoisotopic (exact) mass is 302 g/mol. The van der Waals surface area contributed by atoms with E-state index in [9.17, 15) is 9.59 Å². The quantitative estimate of drug-likeness (QED) is 0.843. The minimum atomic E-state index is -0.292. The highest BCUT2D eigenvalue weighted by molar-refractivity contribution is 7.71. The second-order valence-corrected chi connectivity index (χ2v) is 5.18. The van der Waals surface area contributed by atoms with Crippen molar-refractivity contribution in [3.05, 3.63) is 38.9 Å². The molecule has 7 heteroatoms. The Morgan fingerprint density at radius 2 is 2.29 bits per heavy atom. The Hall–Kier alpha value is -2.46. The highest BCUT2D eigenvalue weighted by Crippen LogP contribution is 2.11. The van der Waals surface area contributed by atoms with E-state index < -0.39 is 0 Å². The van der Waals surface area contributed by atoms with Crippen LogP contribution in [0.4, 0.5) is 0 Å². The molecule has 2 rings (SSSR count). The number of nitriles is 1. The summed E-state index contributed by atoms with van der Waals surface area (Å²) in [6.45, 7) is 1.76. The zero-order valence-corrected chi connectivity index (χ0v) is 12.5. The largest absolute Gasteiger partial charge is 0.349 e. The third kappa shape index (κ3) is 3.01. The number of carbonyl (C=O) groups is 1. The van der Waals surface area contributed by atoms with Gasteiger partial charge in [-0.1, -0.05) is 0 Å². The van der Waals surface area contributed by atoms with Gasteiger partial charge < -0.3 is 10.3 Å². The molecule has 1 amide bonds. The smallest absolute Gasteiger partial charge is 0.261 e. The molecule has 0 saturated heterocycles. The van der Waals surface area contributed by atoms with Gasteiger partial charge in [0.05, 0.1) is 23.4 Å². The number of hydrogen-bond donors (Lipinski definition) is 2. The maximum atomic E-state index is 12.1. The predicted molar refractivity (Wildman–Crippen MR) is 81.5 cm³/mol. The van der Waals surface area contributed by atoms with Crippen molar-refractivity contribution in [3.8, 4) is 6.07 Å². The fourth-order valence-corrected chi connectivity index (χ4v) is 2.14. The van der Waals surface area contributed by atoms with Gasteiger partial charge in [-0.25, -0.2) is 0 Å². The summed E-state index contributed by atoms with van der Waals surface area (Å²) in [5.41, 5.74) is 0.716. The van der Waals surface area contributed by atoms with Crippen molar-refractivity contribution < 1.29 is 4.79 Å². The van der Waals surface area contributed by atoms with E-state index in [1.165, 1.54) is 4.57 Å². The molecule has 2 N–H and O–H groups in total. The SMILES string of the molecule is C[C@H](CC#N)NC(=O)c1ccc2c(=O)n(C)c(=S)[nH]c2c1. The van der Waals surface area contributed by atoms with Gasteiger partial charge >= 0.3 is 0 Å². The number of amides is 1. The number of aromatic nitrogens is 2. The van der Waals surface area contributed by atoms with Crippen LogP contribution in [0.1, 0.15) is 23.7 Å². The van der Waals surface area contributed by atoms with E-state index in [1.807, 2.05) is 6.07 Å². The first kappa shape index (κ1) is 14.9. The lowest BCUT2D eigenvalue weighted by Crippen LogP contribution is -2.32. The van der Waals surface area contributed by atoms with Crippen molar-refractivity contribution in [3.63, 3.8) is 0 Å². The van der Waals surface area contributed by atoms with Crippen molar-refractivity contribution in [2.45, 2.75) is 19.4 Å². The van der Waals surface area contributed by atoms with E-state index >= 15 is 0 Å². The molecule has 1 heterocycles. The van der Waals surface area contributed by atoms with Crippen LogP contribution in [0.15, 0.2) is 23.0 Å². The standard InChI is InChI=1S/C14H14N4O2S/c1-8(5-6-15)16-12(19)9-3-4-10-11(7-9)17-14(21)18(2)13(10)20/h3-4,7-8H,5H2,1-2H3,(H,16,19)(H,17,21)/t8-/m1/s1. The Morgan fingerprint density at radius 1 is 1.57 bits per heavy atom. The molecule has 21 heavy (non-hydrogen) atoms. The lowest BCUT2D eigenvalue weighted by Gasteiger charge is -2.11. The third-order valence-corrected chi connectivity index (χ3v) is 3.51. The molecule has 6 nitrogen and oxygen atoms in total. The molecule has 0 aliphatic rings. The number of aromatic amines is 1. The van der Waals surface area contributed by atoms with Gasteiger partial charge in [-0.3, -0.25) is 14.2 Å². The summed E-state index contributed by atoms with van der Waals surface area (Å²) in [5.74, 6) is -0.292. The Kier molecular flexibility index (Phi) is 4.19. The number of rotatable bonds is 3. The lowest BCUT2D eigenvalue weighted by atomic mass is 10.1. The van der Waals surface area contributed by atoms with E-state index in [1.54, 1.807) is 32.2 Å². The summed E-state index contributed by atoms with van der Waals surface area (Å²) in [7, 11) is 1.59.